The van der Waals surface area contributed by atoms with Gasteiger partial charge in [0.05, 0.1) is 0 Å². The summed E-state index contributed by atoms with van der Waals surface area (Å²) in [5.74, 6) is 0.360. The molecule has 0 saturated carbocycles. The summed E-state index contributed by atoms with van der Waals surface area (Å²) in [5, 5.41) is 9.32. The Bertz CT molecular complexity index is 297. The molecule has 0 amide bonds. The fraction of sp³-hybridized carbons (Fsp3) is 0.455. The number of benzene rings is 1. The second kappa shape index (κ2) is 5.17. The standard InChI is InChI=1S/C11H18O2Si/c1-9-8-10(5-6-11(9)12)4-3-7-14(2)13/h5-6,8,12-14H,3-4,7H2,1-2H3. The molecule has 78 valence electrons. The van der Waals surface area contributed by atoms with E-state index in [2.05, 4.69) is 0 Å². The van der Waals surface area contributed by atoms with Crippen molar-refractivity contribution in [2.24, 2.45) is 0 Å². The lowest BCUT2D eigenvalue weighted by Crippen LogP contribution is -2.04. The third kappa shape index (κ3) is 3.52. The number of phenolic OH excluding ortho intramolecular Hbond substituents is 1. The van der Waals surface area contributed by atoms with Crippen LogP contribution < -0.4 is 0 Å². The van der Waals surface area contributed by atoms with Crippen molar-refractivity contribution in [3.63, 3.8) is 0 Å². The van der Waals surface area contributed by atoms with E-state index in [0.29, 0.717) is 5.75 Å². The summed E-state index contributed by atoms with van der Waals surface area (Å²) >= 11 is 0. The number of phenols is 1. The average molecular weight is 210 g/mol. The van der Waals surface area contributed by atoms with Gasteiger partial charge in [-0.1, -0.05) is 12.1 Å². The van der Waals surface area contributed by atoms with Gasteiger partial charge in [0, 0.05) is 0 Å². The lowest BCUT2D eigenvalue weighted by Gasteiger charge is -2.05. The van der Waals surface area contributed by atoms with Crippen molar-refractivity contribution in [2.75, 3.05) is 0 Å². The Morgan fingerprint density at radius 2 is 2.07 bits per heavy atom. The smallest absolute Gasteiger partial charge is 0.169 e. The van der Waals surface area contributed by atoms with Gasteiger partial charge in [-0.2, -0.15) is 0 Å². The van der Waals surface area contributed by atoms with Gasteiger partial charge in [0.2, 0.25) is 0 Å². The summed E-state index contributed by atoms with van der Waals surface area (Å²) in [6.45, 7) is 3.85. The third-order valence-electron chi connectivity index (χ3n) is 2.35. The molecule has 0 fully saturated rings. The highest BCUT2D eigenvalue weighted by atomic mass is 28.3. The van der Waals surface area contributed by atoms with E-state index >= 15 is 0 Å². The second-order valence-corrected chi connectivity index (χ2v) is 6.14. The molecule has 0 spiro atoms. The molecule has 0 saturated heterocycles. The Morgan fingerprint density at radius 1 is 1.36 bits per heavy atom. The molecule has 2 nitrogen and oxygen atoms in total. The van der Waals surface area contributed by atoms with Crippen LogP contribution in [0, 0.1) is 6.92 Å². The molecule has 14 heavy (non-hydrogen) atoms. The summed E-state index contributed by atoms with van der Waals surface area (Å²) in [6, 6.07) is 6.68. The van der Waals surface area contributed by atoms with Crippen LogP contribution in [0.1, 0.15) is 17.5 Å². The quantitative estimate of drug-likeness (QED) is 0.746. The maximum atomic E-state index is 9.32. The minimum Gasteiger partial charge on any atom is -0.508 e. The molecular weight excluding hydrogens is 192 g/mol. The average Bonchev–Trinajstić information content (AvgIpc) is 2.10. The van der Waals surface area contributed by atoms with Crippen molar-refractivity contribution in [2.45, 2.75) is 32.4 Å². The molecule has 0 aromatic heterocycles. The first kappa shape index (κ1) is 11.3. The molecule has 0 aliphatic carbocycles. The summed E-state index contributed by atoms with van der Waals surface area (Å²) in [7, 11) is -1.38. The number of rotatable bonds is 4. The molecule has 1 atom stereocenters. The van der Waals surface area contributed by atoms with Crippen LogP contribution in [0.3, 0.4) is 0 Å². The molecule has 0 radical (unpaired) electrons. The van der Waals surface area contributed by atoms with Crippen LogP contribution in [0.4, 0.5) is 0 Å². The summed E-state index contributed by atoms with van der Waals surface area (Å²) < 4.78 is 0. The predicted molar refractivity (Wildman–Crippen MR) is 61.2 cm³/mol. The lowest BCUT2D eigenvalue weighted by molar-refractivity contribution is 0.471. The largest absolute Gasteiger partial charge is 0.508 e. The van der Waals surface area contributed by atoms with E-state index in [1.165, 1.54) is 5.56 Å². The van der Waals surface area contributed by atoms with Crippen LogP contribution in [0.25, 0.3) is 0 Å². The number of aryl methyl sites for hydroxylation is 2. The highest BCUT2D eigenvalue weighted by Crippen LogP contribution is 2.18. The van der Waals surface area contributed by atoms with Gasteiger partial charge >= 0.3 is 0 Å². The van der Waals surface area contributed by atoms with Crippen LogP contribution in [-0.4, -0.2) is 18.9 Å². The van der Waals surface area contributed by atoms with Crippen molar-refractivity contribution >= 4 is 9.04 Å². The molecular formula is C11H18O2Si. The zero-order valence-corrected chi connectivity index (χ0v) is 9.98. The second-order valence-electron chi connectivity index (χ2n) is 3.86. The van der Waals surface area contributed by atoms with Gasteiger partial charge in [-0.25, -0.2) is 0 Å². The third-order valence-corrected chi connectivity index (χ3v) is 3.59. The maximum absolute atomic E-state index is 9.32. The van der Waals surface area contributed by atoms with Crippen molar-refractivity contribution < 1.29 is 9.90 Å². The minimum absolute atomic E-state index is 0.360. The van der Waals surface area contributed by atoms with E-state index in [0.717, 1.165) is 24.4 Å². The van der Waals surface area contributed by atoms with E-state index in [1.807, 2.05) is 25.6 Å². The van der Waals surface area contributed by atoms with Crippen molar-refractivity contribution in [3.8, 4) is 5.75 Å². The van der Waals surface area contributed by atoms with E-state index in [4.69, 9.17) is 0 Å². The first-order valence-corrected chi connectivity index (χ1v) is 7.55. The predicted octanol–water partition coefficient (Wildman–Crippen LogP) is 1.98. The Hall–Kier alpha value is -0.803. The molecule has 1 unspecified atom stereocenters. The highest BCUT2D eigenvalue weighted by molar-refractivity contribution is 6.48. The zero-order valence-electron chi connectivity index (χ0n) is 8.83. The minimum atomic E-state index is -1.38. The van der Waals surface area contributed by atoms with E-state index in [9.17, 15) is 9.90 Å². The SMILES string of the molecule is Cc1cc(CCC[SiH](C)O)ccc1O. The van der Waals surface area contributed by atoms with Crippen LogP contribution in [0.15, 0.2) is 18.2 Å². The molecule has 1 aromatic rings. The van der Waals surface area contributed by atoms with Crippen LogP contribution >= 0.6 is 0 Å². The Balaban J connectivity index is 2.47. The van der Waals surface area contributed by atoms with Gasteiger partial charge in [-0.05, 0) is 49.5 Å². The van der Waals surface area contributed by atoms with Gasteiger partial charge in [0.25, 0.3) is 0 Å². The lowest BCUT2D eigenvalue weighted by atomic mass is 10.1. The van der Waals surface area contributed by atoms with Gasteiger partial charge in [0.15, 0.2) is 9.04 Å². The van der Waals surface area contributed by atoms with E-state index in [-0.39, 0.29) is 0 Å². The topological polar surface area (TPSA) is 40.5 Å². The number of aromatic hydroxyl groups is 1. The number of hydrogen-bond donors (Lipinski definition) is 2. The molecule has 3 heteroatoms. The summed E-state index contributed by atoms with van der Waals surface area (Å²) in [6.07, 6.45) is 2.05. The zero-order chi connectivity index (χ0) is 10.6. The van der Waals surface area contributed by atoms with Crippen LogP contribution in [0.2, 0.25) is 12.6 Å². The number of hydrogen-bond acceptors (Lipinski definition) is 2. The monoisotopic (exact) mass is 210 g/mol. The van der Waals surface area contributed by atoms with Crippen LogP contribution in [-0.2, 0) is 6.42 Å². The fourth-order valence-electron chi connectivity index (χ4n) is 1.47. The van der Waals surface area contributed by atoms with Crippen molar-refractivity contribution in [1.29, 1.82) is 0 Å². The van der Waals surface area contributed by atoms with E-state index < -0.39 is 9.04 Å². The van der Waals surface area contributed by atoms with E-state index in [1.54, 1.807) is 6.07 Å². The van der Waals surface area contributed by atoms with Gasteiger partial charge < -0.3 is 9.90 Å². The Labute approximate surface area is 86.9 Å². The molecule has 1 aromatic carbocycles. The Morgan fingerprint density at radius 3 is 2.64 bits per heavy atom. The summed E-state index contributed by atoms with van der Waals surface area (Å²) in [5.41, 5.74) is 2.17. The van der Waals surface area contributed by atoms with Gasteiger partial charge in [-0.3, -0.25) is 0 Å². The molecule has 0 aliphatic heterocycles. The maximum Gasteiger partial charge on any atom is 0.169 e. The first-order chi connectivity index (χ1) is 6.59. The van der Waals surface area contributed by atoms with Crippen molar-refractivity contribution in [1.82, 2.24) is 0 Å². The fourth-order valence-corrected chi connectivity index (χ4v) is 2.27. The van der Waals surface area contributed by atoms with Crippen LogP contribution in [0.5, 0.6) is 5.75 Å². The molecule has 0 heterocycles. The summed E-state index contributed by atoms with van der Waals surface area (Å²) in [4.78, 5) is 9.23. The van der Waals surface area contributed by atoms with Gasteiger partial charge in [0.1, 0.15) is 5.75 Å². The van der Waals surface area contributed by atoms with Crippen molar-refractivity contribution in [3.05, 3.63) is 29.3 Å². The van der Waals surface area contributed by atoms with Gasteiger partial charge in [-0.15, -0.1) is 0 Å². The first-order valence-electron chi connectivity index (χ1n) is 5.06. The molecule has 2 N–H and O–H groups in total. The molecule has 0 bridgehead atoms. The molecule has 1 rings (SSSR count). The Kier molecular flexibility index (Phi) is 4.16. The molecule has 0 aliphatic rings. The normalized spacial score (nSPS) is 12.8. The highest BCUT2D eigenvalue weighted by Gasteiger charge is 2.01.